The van der Waals surface area contributed by atoms with Crippen molar-refractivity contribution in [3.05, 3.63) is 16.6 Å². The van der Waals surface area contributed by atoms with Gasteiger partial charge >= 0.3 is 0 Å². The summed E-state index contributed by atoms with van der Waals surface area (Å²) in [6, 6.07) is 0.529. The number of rotatable bonds is 4. The largest absolute Gasteiger partial charge is 0.393 e. The van der Waals surface area contributed by atoms with E-state index in [0.29, 0.717) is 6.04 Å². The highest BCUT2D eigenvalue weighted by Crippen LogP contribution is 2.23. The van der Waals surface area contributed by atoms with Crippen LogP contribution in [0.25, 0.3) is 0 Å². The topological polar surface area (TPSA) is 36.4 Å². The van der Waals surface area contributed by atoms with Gasteiger partial charge in [-0.1, -0.05) is 12.8 Å². The summed E-state index contributed by atoms with van der Waals surface area (Å²) in [5, 5.41) is 12.8. The van der Waals surface area contributed by atoms with Crippen molar-refractivity contribution in [1.82, 2.24) is 9.88 Å². The first-order chi connectivity index (χ1) is 8.25. The van der Waals surface area contributed by atoms with Crippen LogP contribution in [-0.4, -0.2) is 33.7 Å². The maximum Gasteiger partial charge on any atom is 0.107 e. The Labute approximate surface area is 107 Å². The predicted octanol–water partition coefficient (Wildman–Crippen LogP) is 2.66. The van der Waals surface area contributed by atoms with Gasteiger partial charge in [-0.05, 0) is 32.7 Å². The second-order valence-corrected chi connectivity index (χ2v) is 5.96. The Hall–Kier alpha value is -0.450. The van der Waals surface area contributed by atoms with Crippen LogP contribution in [0.4, 0.5) is 0 Å². The molecule has 2 unspecified atom stereocenters. The van der Waals surface area contributed by atoms with E-state index in [2.05, 4.69) is 9.88 Å². The summed E-state index contributed by atoms with van der Waals surface area (Å²) >= 11 is 1.73. The van der Waals surface area contributed by atoms with Gasteiger partial charge in [0.25, 0.3) is 0 Å². The molecule has 1 aromatic rings. The van der Waals surface area contributed by atoms with Gasteiger partial charge in [-0.25, -0.2) is 4.98 Å². The molecule has 2 rings (SSSR count). The van der Waals surface area contributed by atoms with E-state index in [1.807, 2.05) is 18.5 Å². The van der Waals surface area contributed by atoms with Crippen LogP contribution in [0.1, 0.15) is 44.0 Å². The van der Waals surface area contributed by atoms with Crippen LogP contribution in [0, 0.1) is 0 Å². The summed E-state index contributed by atoms with van der Waals surface area (Å²) in [6.45, 7) is 4.00. The fourth-order valence-corrected chi connectivity index (χ4v) is 3.25. The van der Waals surface area contributed by atoms with Crippen molar-refractivity contribution in [1.29, 1.82) is 0 Å². The Morgan fingerprint density at radius 2 is 2.41 bits per heavy atom. The normalized spacial score (nSPS) is 24.5. The maximum absolute atomic E-state index is 9.60. The molecule has 17 heavy (non-hydrogen) atoms. The minimum absolute atomic E-state index is 0.197. The molecule has 0 saturated carbocycles. The fourth-order valence-electron chi connectivity index (χ4n) is 2.61. The van der Waals surface area contributed by atoms with Crippen molar-refractivity contribution in [3.8, 4) is 0 Å². The molecule has 0 aliphatic carbocycles. The molecule has 0 bridgehead atoms. The first kappa shape index (κ1) is 13.0. The lowest BCUT2D eigenvalue weighted by Crippen LogP contribution is -2.36. The molecule has 0 radical (unpaired) electrons. The molecule has 1 aliphatic rings. The molecule has 2 heterocycles. The van der Waals surface area contributed by atoms with Gasteiger partial charge in [0.05, 0.1) is 12.6 Å². The molecule has 2 atom stereocenters. The van der Waals surface area contributed by atoms with Crippen molar-refractivity contribution in [2.24, 2.45) is 0 Å². The Kier molecular flexibility index (Phi) is 4.95. The van der Waals surface area contributed by atoms with Gasteiger partial charge in [0, 0.05) is 17.6 Å². The second-order valence-electron chi connectivity index (χ2n) is 4.98. The summed E-state index contributed by atoms with van der Waals surface area (Å²) in [5.41, 5.74) is 0. The summed E-state index contributed by atoms with van der Waals surface area (Å²) in [4.78, 5) is 6.88. The number of aliphatic hydroxyl groups is 1. The number of thiazole rings is 1. The lowest BCUT2D eigenvalue weighted by atomic mass is 10.0. The SMILES string of the molecule is CC(O)CC1CCCCCN1Cc1nccs1. The van der Waals surface area contributed by atoms with Crippen LogP contribution in [0.3, 0.4) is 0 Å². The molecule has 0 spiro atoms. The molecular formula is C13H22N2OS. The number of hydrogen-bond donors (Lipinski definition) is 1. The van der Waals surface area contributed by atoms with Crippen LogP contribution >= 0.6 is 11.3 Å². The lowest BCUT2D eigenvalue weighted by molar-refractivity contribution is 0.108. The Balaban J connectivity index is 1.98. The van der Waals surface area contributed by atoms with Crippen LogP contribution in [0.5, 0.6) is 0 Å². The Bertz CT molecular complexity index is 313. The molecule has 1 N–H and O–H groups in total. The maximum atomic E-state index is 9.60. The molecule has 0 amide bonds. The van der Waals surface area contributed by atoms with Gasteiger partial charge in [0.2, 0.25) is 0 Å². The highest BCUT2D eigenvalue weighted by Gasteiger charge is 2.22. The summed E-state index contributed by atoms with van der Waals surface area (Å²) in [6.07, 6.45) is 7.69. The van der Waals surface area contributed by atoms with Crippen molar-refractivity contribution in [3.63, 3.8) is 0 Å². The summed E-state index contributed by atoms with van der Waals surface area (Å²) in [5.74, 6) is 0. The number of likely N-dealkylation sites (tertiary alicyclic amines) is 1. The molecule has 3 nitrogen and oxygen atoms in total. The average molecular weight is 254 g/mol. The van der Waals surface area contributed by atoms with Crippen LogP contribution in [0.15, 0.2) is 11.6 Å². The third-order valence-electron chi connectivity index (χ3n) is 3.43. The van der Waals surface area contributed by atoms with E-state index in [-0.39, 0.29) is 6.10 Å². The Morgan fingerprint density at radius 1 is 1.53 bits per heavy atom. The summed E-state index contributed by atoms with van der Waals surface area (Å²) < 4.78 is 0. The van der Waals surface area contributed by atoms with E-state index in [0.717, 1.165) is 19.5 Å². The number of hydrogen-bond acceptors (Lipinski definition) is 4. The molecule has 96 valence electrons. The highest BCUT2D eigenvalue weighted by atomic mass is 32.1. The Morgan fingerprint density at radius 3 is 3.12 bits per heavy atom. The van der Waals surface area contributed by atoms with Crippen molar-refractivity contribution >= 4 is 11.3 Å². The third kappa shape index (κ3) is 4.05. The van der Waals surface area contributed by atoms with Crippen LogP contribution in [0.2, 0.25) is 0 Å². The van der Waals surface area contributed by atoms with E-state index in [1.54, 1.807) is 11.3 Å². The van der Waals surface area contributed by atoms with Crippen molar-refractivity contribution in [2.75, 3.05) is 6.54 Å². The highest BCUT2D eigenvalue weighted by molar-refractivity contribution is 7.09. The minimum Gasteiger partial charge on any atom is -0.393 e. The van der Waals surface area contributed by atoms with E-state index in [9.17, 15) is 5.11 Å². The standard InChI is InChI=1S/C13H22N2OS/c1-11(16)9-12-5-3-2-4-7-15(12)10-13-14-6-8-17-13/h6,8,11-12,16H,2-5,7,9-10H2,1H3. The zero-order valence-electron chi connectivity index (χ0n) is 10.5. The zero-order valence-corrected chi connectivity index (χ0v) is 11.3. The van der Waals surface area contributed by atoms with Gasteiger partial charge in [-0.3, -0.25) is 4.90 Å². The van der Waals surface area contributed by atoms with E-state index in [1.165, 1.54) is 30.7 Å². The predicted molar refractivity (Wildman–Crippen MR) is 71.1 cm³/mol. The summed E-state index contributed by atoms with van der Waals surface area (Å²) in [7, 11) is 0. The minimum atomic E-state index is -0.197. The molecule has 1 aliphatic heterocycles. The smallest absolute Gasteiger partial charge is 0.107 e. The first-order valence-electron chi connectivity index (χ1n) is 6.56. The lowest BCUT2D eigenvalue weighted by Gasteiger charge is -2.30. The first-order valence-corrected chi connectivity index (χ1v) is 7.44. The van der Waals surface area contributed by atoms with Gasteiger partial charge in [-0.2, -0.15) is 0 Å². The third-order valence-corrected chi connectivity index (χ3v) is 4.20. The van der Waals surface area contributed by atoms with Gasteiger partial charge in [0.1, 0.15) is 5.01 Å². The molecular weight excluding hydrogens is 232 g/mol. The van der Waals surface area contributed by atoms with Gasteiger partial charge < -0.3 is 5.11 Å². The van der Waals surface area contributed by atoms with Gasteiger partial charge in [0.15, 0.2) is 0 Å². The van der Waals surface area contributed by atoms with Crippen molar-refractivity contribution < 1.29 is 5.11 Å². The van der Waals surface area contributed by atoms with Gasteiger partial charge in [-0.15, -0.1) is 11.3 Å². The number of nitrogens with zero attached hydrogens (tertiary/aromatic N) is 2. The average Bonchev–Trinajstić information content (AvgIpc) is 2.69. The van der Waals surface area contributed by atoms with E-state index >= 15 is 0 Å². The van der Waals surface area contributed by atoms with E-state index < -0.39 is 0 Å². The van der Waals surface area contributed by atoms with Crippen LogP contribution < -0.4 is 0 Å². The quantitative estimate of drug-likeness (QED) is 0.897. The van der Waals surface area contributed by atoms with E-state index in [4.69, 9.17) is 0 Å². The molecule has 1 fully saturated rings. The van der Waals surface area contributed by atoms with Crippen LogP contribution in [-0.2, 0) is 6.54 Å². The molecule has 1 aromatic heterocycles. The molecule has 0 aromatic carbocycles. The molecule has 1 saturated heterocycles. The monoisotopic (exact) mass is 254 g/mol. The number of aliphatic hydroxyl groups excluding tert-OH is 1. The zero-order chi connectivity index (χ0) is 12.1. The van der Waals surface area contributed by atoms with Crippen molar-refractivity contribution in [2.45, 2.75) is 57.7 Å². The fraction of sp³-hybridized carbons (Fsp3) is 0.769. The second kappa shape index (κ2) is 6.47. The number of aromatic nitrogens is 1. The molecule has 4 heteroatoms.